The number of hydrogen-bond donors (Lipinski definition) is 1. The number of phenolic OH excluding ortho intramolecular Hbond substituents is 1. The maximum atomic E-state index is 10.1. The van der Waals surface area contributed by atoms with Gasteiger partial charge >= 0.3 is 0 Å². The minimum atomic E-state index is -0.338. The molecule has 0 fully saturated rings. The van der Waals surface area contributed by atoms with Crippen LogP contribution in [-0.2, 0) is 11.4 Å². The molecule has 1 aliphatic rings. The van der Waals surface area contributed by atoms with Crippen molar-refractivity contribution in [3.8, 4) is 28.9 Å². The molecule has 0 bridgehead atoms. The Morgan fingerprint density at radius 2 is 1.82 bits per heavy atom. The van der Waals surface area contributed by atoms with Crippen LogP contribution in [0.3, 0.4) is 0 Å². The summed E-state index contributed by atoms with van der Waals surface area (Å²) in [5.74, 6) is 2.28. The van der Waals surface area contributed by atoms with Crippen molar-refractivity contribution < 1.29 is 24.2 Å². The van der Waals surface area contributed by atoms with Gasteiger partial charge in [-0.05, 0) is 43.2 Å². The van der Waals surface area contributed by atoms with E-state index < -0.39 is 0 Å². The highest BCUT2D eigenvalue weighted by Crippen LogP contribution is 2.49. The Morgan fingerprint density at radius 3 is 2.60 bits per heavy atom. The van der Waals surface area contributed by atoms with E-state index in [0.717, 1.165) is 28.0 Å². The Bertz CT molecular complexity index is 1750. The Balaban J connectivity index is 1.39. The Morgan fingerprint density at radius 1 is 1.02 bits per heavy atom. The Kier molecular flexibility index (Phi) is 6.43. The number of aromatic hydroxyl groups is 1. The molecule has 40 heavy (non-hydrogen) atoms. The lowest BCUT2D eigenvalue weighted by Crippen LogP contribution is -2.15. The number of methoxy groups -OCH3 is 2. The Hall–Kier alpha value is -5.12. The first-order valence-corrected chi connectivity index (χ1v) is 12.7. The summed E-state index contributed by atoms with van der Waals surface area (Å²) < 4.78 is 18.8. The first-order chi connectivity index (χ1) is 19.4. The van der Waals surface area contributed by atoms with Crippen molar-refractivity contribution in [1.29, 1.82) is 0 Å². The van der Waals surface area contributed by atoms with Gasteiger partial charge in [0.25, 0.3) is 0 Å². The van der Waals surface area contributed by atoms with Crippen LogP contribution in [0.25, 0.3) is 5.65 Å². The zero-order valence-corrected chi connectivity index (χ0v) is 22.5. The van der Waals surface area contributed by atoms with E-state index in [1.54, 1.807) is 37.2 Å². The molecule has 10 nitrogen and oxygen atoms in total. The molecular formula is C30H27N5O5. The van der Waals surface area contributed by atoms with Gasteiger partial charge in [-0.1, -0.05) is 47.1 Å². The molecule has 0 aliphatic carbocycles. The van der Waals surface area contributed by atoms with Gasteiger partial charge in [0.15, 0.2) is 29.6 Å². The summed E-state index contributed by atoms with van der Waals surface area (Å²) in [6.07, 6.45) is 1.55. The van der Waals surface area contributed by atoms with E-state index in [-0.39, 0.29) is 18.3 Å². The van der Waals surface area contributed by atoms with Crippen molar-refractivity contribution in [1.82, 2.24) is 19.6 Å². The van der Waals surface area contributed by atoms with Crippen LogP contribution >= 0.6 is 0 Å². The van der Waals surface area contributed by atoms with Gasteiger partial charge in [0.1, 0.15) is 17.8 Å². The number of phenols is 1. The lowest BCUT2D eigenvalue weighted by Gasteiger charge is -2.28. The third kappa shape index (κ3) is 4.53. The van der Waals surface area contributed by atoms with E-state index in [0.29, 0.717) is 34.6 Å². The molecule has 0 radical (unpaired) electrons. The third-order valence-electron chi connectivity index (χ3n) is 6.84. The van der Waals surface area contributed by atoms with Crippen molar-refractivity contribution >= 4 is 11.4 Å². The molecule has 1 aliphatic heterocycles. The molecule has 3 aromatic carbocycles. The number of rotatable bonds is 7. The van der Waals surface area contributed by atoms with E-state index in [1.807, 2.05) is 62.4 Å². The lowest BCUT2D eigenvalue weighted by atomic mass is 9.83. The van der Waals surface area contributed by atoms with Crippen LogP contribution in [0.4, 0.5) is 0 Å². The fourth-order valence-electron chi connectivity index (χ4n) is 4.82. The highest BCUT2D eigenvalue weighted by molar-refractivity contribution is 5.98. The molecule has 0 saturated carbocycles. The summed E-state index contributed by atoms with van der Waals surface area (Å²) in [4.78, 5) is 14.9. The Labute approximate surface area is 230 Å². The summed E-state index contributed by atoms with van der Waals surface area (Å²) >= 11 is 0. The number of benzene rings is 3. The maximum Gasteiger partial charge on any atom is 0.228 e. The van der Waals surface area contributed by atoms with E-state index in [4.69, 9.17) is 24.0 Å². The van der Waals surface area contributed by atoms with E-state index in [2.05, 4.69) is 15.2 Å². The second kappa shape index (κ2) is 10.2. The van der Waals surface area contributed by atoms with Crippen LogP contribution in [0, 0.1) is 6.92 Å². The molecule has 10 heteroatoms. The number of hydrogen-bond acceptors (Lipinski definition) is 9. The molecular weight excluding hydrogens is 510 g/mol. The van der Waals surface area contributed by atoms with Gasteiger partial charge in [0.2, 0.25) is 5.88 Å². The third-order valence-corrected chi connectivity index (χ3v) is 6.84. The highest BCUT2D eigenvalue weighted by Gasteiger charge is 2.34. The van der Waals surface area contributed by atoms with Gasteiger partial charge in [0.05, 0.1) is 25.5 Å². The number of aryl methyl sites for hydroxylation is 1. The van der Waals surface area contributed by atoms with Crippen LogP contribution < -0.4 is 14.2 Å². The summed E-state index contributed by atoms with van der Waals surface area (Å²) in [5, 5.41) is 19.0. The molecule has 0 spiro atoms. The molecule has 1 unspecified atom stereocenters. The summed E-state index contributed by atoms with van der Waals surface area (Å²) in [6, 6.07) is 18.9. The predicted octanol–water partition coefficient (Wildman–Crippen LogP) is 5.38. The van der Waals surface area contributed by atoms with E-state index >= 15 is 0 Å². The van der Waals surface area contributed by atoms with Crippen LogP contribution in [0.1, 0.15) is 46.5 Å². The van der Waals surface area contributed by atoms with Crippen molar-refractivity contribution in [2.24, 2.45) is 5.16 Å². The fourth-order valence-corrected chi connectivity index (χ4v) is 4.82. The van der Waals surface area contributed by atoms with Gasteiger partial charge in [-0.2, -0.15) is 0 Å². The molecule has 1 N–H and O–H groups in total. The molecule has 202 valence electrons. The largest absolute Gasteiger partial charge is 0.508 e. The van der Waals surface area contributed by atoms with Crippen LogP contribution in [0.15, 0.2) is 72.1 Å². The van der Waals surface area contributed by atoms with Crippen LogP contribution in [-0.4, -0.2) is 44.6 Å². The molecule has 2 aromatic heterocycles. The quantitative estimate of drug-likeness (QED) is 0.213. The van der Waals surface area contributed by atoms with Crippen molar-refractivity contribution in [2.45, 2.75) is 26.4 Å². The van der Waals surface area contributed by atoms with E-state index in [1.165, 1.54) is 5.56 Å². The summed E-state index contributed by atoms with van der Waals surface area (Å²) in [7, 11) is 3.19. The first kappa shape index (κ1) is 25.2. The standard InChI is InChI=1S/C30H27N5O5/c1-17-5-7-19(8-6-17)18(2)34-39-15-26-32-29-28-27(20-9-12-23(37-3)25(13-20)38-4)22-11-10-21(36)14-24(22)40-30(28)31-16-35(29)33-26/h5-14,16,27,36H,15H2,1-4H3/b34-18-. The van der Waals surface area contributed by atoms with Gasteiger partial charge in [-0.25, -0.2) is 14.5 Å². The minimum Gasteiger partial charge on any atom is -0.508 e. The van der Waals surface area contributed by atoms with E-state index in [9.17, 15) is 5.11 Å². The average Bonchev–Trinajstić information content (AvgIpc) is 3.39. The molecule has 5 aromatic rings. The maximum absolute atomic E-state index is 10.1. The molecule has 0 saturated heterocycles. The topological polar surface area (TPSA) is 113 Å². The van der Waals surface area contributed by atoms with Crippen LogP contribution in [0.5, 0.6) is 28.9 Å². The van der Waals surface area contributed by atoms with Gasteiger partial charge in [-0.3, -0.25) is 0 Å². The smallest absolute Gasteiger partial charge is 0.228 e. The lowest BCUT2D eigenvalue weighted by molar-refractivity contribution is 0.125. The molecule has 0 amide bonds. The summed E-state index contributed by atoms with van der Waals surface area (Å²) in [6.45, 7) is 4.01. The zero-order chi connectivity index (χ0) is 27.8. The second-order valence-corrected chi connectivity index (χ2v) is 9.45. The zero-order valence-electron chi connectivity index (χ0n) is 22.5. The second-order valence-electron chi connectivity index (χ2n) is 9.45. The number of ether oxygens (including phenoxy) is 3. The predicted molar refractivity (Wildman–Crippen MR) is 148 cm³/mol. The molecule has 3 heterocycles. The number of oxime groups is 1. The van der Waals surface area contributed by atoms with Gasteiger partial charge in [-0.15, -0.1) is 5.10 Å². The van der Waals surface area contributed by atoms with Gasteiger partial charge in [0, 0.05) is 17.5 Å². The normalized spacial score (nSPS) is 14.3. The number of fused-ring (bicyclic) bond motifs is 4. The van der Waals surface area contributed by atoms with Crippen molar-refractivity contribution in [3.05, 3.63) is 101 Å². The first-order valence-electron chi connectivity index (χ1n) is 12.7. The molecule has 1 atom stereocenters. The monoisotopic (exact) mass is 537 g/mol. The SMILES string of the molecule is COc1ccc(C2c3ccc(O)cc3Oc3ncn4nc(CO/N=C(/C)c5ccc(C)cc5)nc4c32)cc1OC. The highest BCUT2D eigenvalue weighted by atomic mass is 16.6. The van der Waals surface area contributed by atoms with Crippen LogP contribution in [0.2, 0.25) is 0 Å². The van der Waals surface area contributed by atoms with Gasteiger partial charge < -0.3 is 24.2 Å². The van der Waals surface area contributed by atoms with Crippen molar-refractivity contribution in [3.63, 3.8) is 0 Å². The number of nitrogens with zero attached hydrogens (tertiary/aromatic N) is 5. The average molecular weight is 538 g/mol. The molecule has 6 rings (SSSR count). The number of aromatic nitrogens is 4. The summed E-state index contributed by atoms with van der Waals surface area (Å²) in [5.41, 5.74) is 5.95. The minimum absolute atomic E-state index is 0.0754. The fraction of sp³-hybridized carbons (Fsp3) is 0.200. The van der Waals surface area contributed by atoms with Crippen molar-refractivity contribution in [2.75, 3.05) is 14.2 Å².